The van der Waals surface area contributed by atoms with E-state index in [2.05, 4.69) is 50.3 Å². The SMILES string of the molecule is CC1=CC(=C2C=CC=CC2)C=C1C. The summed E-state index contributed by atoms with van der Waals surface area (Å²) >= 11 is 0. The quantitative estimate of drug-likeness (QED) is 0.520. The van der Waals surface area contributed by atoms with Gasteiger partial charge in [-0.05, 0) is 42.6 Å². The Kier molecular flexibility index (Phi) is 2.05. The van der Waals surface area contributed by atoms with Gasteiger partial charge >= 0.3 is 0 Å². The van der Waals surface area contributed by atoms with Gasteiger partial charge in [-0.15, -0.1) is 0 Å². The third-order valence-corrected chi connectivity index (χ3v) is 2.62. The summed E-state index contributed by atoms with van der Waals surface area (Å²) < 4.78 is 0. The van der Waals surface area contributed by atoms with Crippen molar-refractivity contribution in [3.63, 3.8) is 0 Å². The Hall–Kier alpha value is -1.30. The molecular weight excluding hydrogens is 156 g/mol. The van der Waals surface area contributed by atoms with E-state index in [1.165, 1.54) is 22.3 Å². The number of rotatable bonds is 0. The Labute approximate surface area is 79.7 Å². The van der Waals surface area contributed by atoms with Gasteiger partial charge in [-0.25, -0.2) is 0 Å². The summed E-state index contributed by atoms with van der Waals surface area (Å²) in [6, 6.07) is 0. The normalized spacial score (nSPS) is 20.8. The maximum Gasteiger partial charge on any atom is -0.00884 e. The zero-order chi connectivity index (χ0) is 9.26. The molecule has 2 aliphatic rings. The average Bonchev–Trinajstić information content (AvgIpc) is 2.49. The minimum absolute atomic E-state index is 1.07. The first-order chi connectivity index (χ1) is 6.27. The highest BCUT2D eigenvalue weighted by atomic mass is 14.1. The van der Waals surface area contributed by atoms with E-state index in [0.29, 0.717) is 0 Å². The molecule has 0 aromatic heterocycles. The summed E-state index contributed by atoms with van der Waals surface area (Å²) in [6.45, 7) is 4.34. The van der Waals surface area contributed by atoms with Crippen LogP contribution >= 0.6 is 0 Å². The molecule has 0 radical (unpaired) electrons. The Bertz CT molecular complexity index is 351. The van der Waals surface area contributed by atoms with Crippen LogP contribution in [0.3, 0.4) is 0 Å². The van der Waals surface area contributed by atoms with Gasteiger partial charge in [0, 0.05) is 0 Å². The molecule has 2 aliphatic carbocycles. The smallest absolute Gasteiger partial charge is 0.00884 e. The van der Waals surface area contributed by atoms with Crippen LogP contribution in [0.25, 0.3) is 0 Å². The number of hydrogen-bond acceptors (Lipinski definition) is 0. The van der Waals surface area contributed by atoms with E-state index in [4.69, 9.17) is 0 Å². The molecule has 0 heteroatoms. The zero-order valence-electron chi connectivity index (χ0n) is 8.17. The molecule has 0 fully saturated rings. The van der Waals surface area contributed by atoms with Crippen LogP contribution in [0.4, 0.5) is 0 Å². The van der Waals surface area contributed by atoms with E-state index in [0.717, 1.165) is 6.42 Å². The van der Waals surface area contributed by atoms with Crippen molar-refractivity contribution in [2.75, 3.05) is 0 Å². The van der Waals surface area contributed by atoms with Crippen molar-refractivity contribution in [1.29, 1.82) is 0 Å². The van der Waals surface area contributed by atoms with Crippen LogP contribution in [0.2, 0.25) is 0 Å². The molecule has 13 heavy (non-hydrogen) atoms. The van der Waals surface area contributed by atoms with Gasteiger partial charge in [-0.2, -0.15) is 0 Å². The Balaban J connectivity index is 2.38. The molecule has 0 aromatic carbocycles. The Morgan fingerprint density at radius 3 is 2.23 bits per heavy atom. The van der Waals surface area contributed by atoms with Gasteiger partial charge in [-0.3, -0.25) is 0 Å². The lowest BCUT2D eigenvalue weighted by molar-refractivity contribution is 1.24. The lowest BCUT2D eigenvalue weighted by Crippen LogP contribution is -1.84. The molecule has 0 aromatic rings. The summed E-state index contributed by atoms with van der Waals surface area (Å²) in [5.41, 5.74) is 5.60. The van der Waals surface area contributed by atoms with Gasteiger partial charge in [0.15, 0.2) is 0 Å². The summed E-state index contributed by atoms with van der Waals surface area (Å²) in [5.74, 6) is 0. The fourth-order valence-corrected chi connectivity index (χ4v) is 1.65. The van der Waals surface area contributed by atoms with Gasteiger partial charge in [-0.1, -0.05) is 36.5 Å². The van der Waals surface area contributed by atoms with Crippen molar-refractivity contribution >= 4 is 0 Å². The number of hydrogen-bond donors (Lipinski definition) is 0. The molecular formula is C13H14. The largest absolute Gasteiger partial charge is 0.0801 e. The molecule has 0 saturated carbocycles. The highest BCUT2D eigenvalue weighted by molar-refractivity contribution is 5.55. The van der Waals surface area contributed by atoms with Crippen LogP contribution in [0.15, 0.2) is 58.7 Å². The van der Waals surface area contributed by atoms with Gasteiger partial charge in [0.05, 0.1) is 0 Å². The van der Waals surface area contributed by atoms with E-state index in [-0.39, 0.29) is 0 Å². The summed E-state index contributed by atoms with van der Waals surface area (Å²) in [5, 5.41) is 0. The van der Waals surface area contributed by atoms with Crippen molar-refractivity contribution in [2.45, 2.75) is 20.3 Å². The zero-order valence-corrected chi connectivity index (χ0v) is 8.17. The molecule has 0 atom stereocenters. The molecule has 0 N–H and O–H groups in total. The maximum absolute atomic E-state index is 2.27. The van der Waals surface area contributed by atoms with E-state index >= 15 is 0 Å². The third-order valence-electron chi connectivity index (χ3n) is 2.62. The highest BCUT2D eigenvalue weighted by Crippen LogP contribution is 2.27. The average molecular weight is 170 g/mol. The molecule has 0 bridgehead atoms. The monoisotopic (exact) mass is 170 g/mol. The predicted molar refractivity (Wildman–Crippen MR) is 57.4 cm³/mol. The van der Waals surface area contributed by atoms with Crippen LogP contribution in [-0.2, 0) is 0 Å². The van der Waals surface area contributed by atoms with E-state index in [9.17, 15) is 0 Å². The Morgan fingerprint density at radius 1 is 1.00 bits per heavy atom. The summed E-state index contributed by atoms with van der Waals surface area (Å²) in [7, 11) is 0. The van der Waals surface area contributed by atoms with Gasteiger partial charge in [0.25, 0.3) is 0 Å². The van der Waals surface area contributed by atoms with Crippen molar-refractivity contribution < 1.29 is 0 Å². The molecule has 0 heterocycles. The second-order valence-corrected chi connectivity index (χ2v) is 3.63. The van der Waals surface area contributed by atoms with Crippen molar-refractivity contribution in [2.24, 2.45) is 0 Å². The van der Waals surface area contributed by atoms with Gasteiger partial charge < -0.3 is 0 Å². The first kappa shape index (κ1) is 8.31. The van der Waals surface area contributed by atoms with Crippen LogP contribution < -0.4 is 0 Å². The van der Waals surface area contributed by atoms with Gasteiger partial charge in [0.2, 0.25) is 0 Å². The predicted octanol–water partition coefficient (Wildman–Crippen LogP) is 3.71. The van der Waals surface area contributed by atoms with E-state index in [1.54, 1.807) is 0 Å². The molecule has 0 aliphatic heterocycles. The van der Waals surface area contributed by atoms with Crippen molar-refractivity contribution in [3.8, 4) is 0 Å². The molecule has 2 rings (SSSR count). The third kappa shape index (κ3) is 1.57. The van der Waals surface area contributed by atoms with E-state index in [1.807, 2.05) is 0 Å². The summed E-state index contributed by atoms with van der Waals surface area (Å²) in [4.78, 5) is 0. The topological polar surface area (TPSA) is 0 Å². The van der Waals surface area contributed by atoms with Crippen LogP contribution in [0.5, 0.6) is 0 Å². The van der Waals surface area contributed by atoms with Crippen LogP contribution in [0.1, 0.15) is 20.3 Å². The van der Waals surface area contributed by atoms with Crippen molar-refractivity contribution in [1.82, 2.24) is 0 Å². The molecule has 0 nitrogen and oxygen atoms in total. The lowest BCUT2D eigenvalue weighted by atomic mass is 10.0. The molecule has 66 valence electrons. The molecule has 0 saturated heterocycles. The Morgan fingerprint density at radius 2 is 1.69 bits per heavy atom. The van der Waals surface area contributed by atoms with Crippen LogP contribution in [-0.4, -0.2) is 0 Å². The van der Waals surface area contributed by atoms with Crippen LogP contribution in [0, 0.1) is 0 Å². The fraction of sp³-hybridized carbons (Fsp3) is 0.231. The van der Waals surface area contributed by atoms with E-state index < -0.39 is 0 Å². The molecule has 0 unspecified atom stereocenters. The second-order valence-electron chi connectivity index (χ2n) is 3.63. The molecule has 0 spiro atoms. The molecule has 0 amide bonds. The highest BCUT2D eigenvalue weighted by Gasteiger charge is 2.07. The fourth-order valence-electron chi connectivity index (χ4n) is 1.65. The minimum Gasteiger partial charge on any atom is -0.0801 e. The van der Waals surface area contributed by atoms with Gasteiger partial charge in [0.1, 0.15) is 0 Å². The maximum atomic E-state index is 2.27. The minimum atomic E-state index is 1.07. The lowest BCUT2D eigenvalue weighted by Gasteiger charge is -2.03. The number of allylic oxidation sites excluding steroid dienone is 10. The summed E-state index contributed by atoms with van der Waals surface area (Å²) in [6.07, 6.45) is 14.2. The van der Waals surface area contributed by atoms with Crippen molar-refractivity contribution in [3.05, 3.63) is 58.7 Å². The first-order valence-electron chi connectivity index (χ1n) is 4.71. The second kappa shape index (κ2) is 3.21. The standard InChI is InChI=1S/C13H14/c1-10-8-13(9-11(10)2)12-6-4-3-5-7-12/h3-6,8-9H,7H2,1-2H3. The first-order valence-corrected chi connectivity index (χ1v) is 4.71.